The van der Waals surface area contributed by atoms with Gasteiger partial charge in [0.2, 0.25) is 0 Å². The number of carbonyl (C=O) groups is 1. The molecule has 12 heavy (non-hydrogen) atoms. The molecule has 3 nitrogen and oxygen atoms in total. The minimum absolute atomic E-state index is 0.00694. The molecule has 0 saturated heterocycles. The molecule has 1 aromatic heterocycles. The number of carbonyl (C=O) groups excluding carboxylic acids is 1. The van der Waals surface area contributed by atoms with Crippen molar-refractivity contribution >= 4 is 17.6 Å². The summed E-state index contributed by atoms with van der Waals surface area (Å²) in [6.45, 7) is 3.41. The van der Waals surface area contributed by atoms with Crippen molar-refractivity contribution in [2.24, 2.45) is 0 Å². The molecule has 0 radical (unpaired) electrons. The van der Waals surface area contributed by atoms with E-state index in [2.05, 4.69) is 4.98 Å². The Bertz CT molecular complexity index is 313. The highest BCUT2D eigenvalue weighted by atomic mass is 35.5. The molecule has 0 N–H and O–H groups in total. The van der Waals surface area contributed by atoms with Gasteiger partial charge in [0.1, 0.15) is 5.15 Å². The Labute approximate surface area is 75.0 Å². The Hall–Kier alpha value is -1.09. The predicted octanol–water partition coefficient (Wildman–Crippen LogP) is 0.715. The molecule has 64 valence electrons. The van der Waals surface area contributed by atoms with Crippen LogP contribution in [0.5, 0.6) is 0 Å². The molecule has 0 fully saturated rings. The maximum absolute atomic E-state index is 10.5. The number of pyridine rings is 1. The van der Waals surface area contributed by atoms with Crippen molar-refractivity contribution in [1.29, 1.82) is 0 Å². The van der Waals surface area contributed by atoms with E-state index in [9.17, 15) is 9.90 Å². The second-order valence-electron chi connectivity index (χ2n) is 2.53. The van der Waals surface area contributed by atoms with Crippen LogP contribution >= 0.6 is 11.6 Å². The quantitative estimate of drug-likeness (QED) is 0.605. The van der Waals surface area contributed by atoms with Crippen LogP contribution in [0.1, 0.15) is 21.6 Å². The fourth-order valence-electron chi connectivity index (χ4n) is 1.04. The van der Waals surface area contributed by atoms with Crippen LogP contribution in [0.25, 0.3) is 0 Å². The van der Waals surface area contributed by atoms with Crippen LogP contribution in [-0.4, -0.2) is 11.0 Å². The predicted molar refractivity (Wildman–Crippen MR) is 43.1 cm³/mol. The van der Waals surface area contributed by atoms with Crippen molar-refractivity contribution in [3.63, 3.8) is 0 Å². The fraction of sp³-hybridized carbons (Fsp3) is 0.250. The third-order valence-electron chi connectivity index (χ3n) is 1.50. The van der Waals surface area contributed by atoms with Crippen molar-refractivity contribution in [1.82, 2.24) is 4.98 Å². The number of nitrogens with zero attached hydrogens (tertiary/aromatic N) is 1. The molecule has 1 aromatic rings. The topological polar surface area (TPSA) is 53.0 Å². The number of carboxylic acids is 1. The maximum atomic E-state index is 10.5. The molecule has 0 bridgehead atoms. The largest absolute Gasteiger partial charge is 0.545 e. The lowest BCUT2D eigenvalue weighted by Gasteiger charge is -2.08. The van der Waals surface area contributed by atoms with Crippen LogP contribution < -0.4 is 5.11 Å². The smallest absolute Gasteiger partial charge is 0.138 e. The van der Waals surface area contributed by atoms with Crippen LogP contribution in [0.4, 0.5) is 0 Å². The van der Waals surface area contributed by atoms with Gasteiger partial charge in [0.25, 0.3) is 0 Å². The van der Waals surface area contributed by atoms with Gasteiger partial charge in [-0.2, -0.15) is 0 Å². The highest BCUT2D eigenvalue weighted by Crippen LogP contribution is 2.17. The Morgan fingerprint density at radius 3 is 2.58 bits per heavy atom. The average molecular weight is 185 g/mol. The Morgan fingerprint density at radius 1 is 1.58 bits per heavy atom. The van der Waals surface area contributed by atoms with E-state index >= 15 is 0 Å². The highest BCUT2D eigenvalue weighted by Gasteiger charge is 2.06. The number of carboxylic acid groups (broad SMARTS) is 1. The summed E-state index contributed by atoms with van der Waals surface area (Å²) in [5.74, 6) is -1.29. The van der Waals surface area contributed by atoms with Crippen LogP contribution in [0, 0.1) is 13.8 Å². The SMILES string of the molecule is Cc1cc(C)c(C(=O)[O-])c(Cl)n1. The summed E-state index contributed by atoms with van der Waals surface area (Å²) >= 11 is 5.60. The molecular weight excluding hydrogens is 178 g/mol. The summed E-state index contributed by atoms with van der Waals surface area (Å²) in [5, 5.41) is 10.5. The van der Waals surface area contributed by atoms with E-state index in [-0.39, 0.29) is 10.7 Å². The first-order valence-electron chi connectivity index (χ1n) is 3.37. The van der Waals surface area contributed by atoms with Gasteiger partial charge in [-0.05, 0) is 25.5 Å². The molecule has 0 amide bonds. The first-order chi connectivity index (χ1) is 5.52. The molecular formula is C8H7ClNO2-. The van der Waals surface area contributed by atoms with Crippen molar-refractivity contribution in [3.8, 4) is 0 Å². The standard InChI is InChI=1S/C8H8ClNO2/c1-4-3-5(2)10-7(9)6(4)8(11)12/h3H,1-2H3,(H,11,12)/p-1. The monoisotopic (exact) mass is 184 g/mol. The molecule has 0 aliphatic heterocycles. The second-order valence-corrected chi connectivity index (χ2v) is 2.89. The lowest BCUT2D eigenvalue weighted by atomic mass is 10.1. The summed E-state index contributed by atoms with van der Waals surface area (Å²) < 4.78 is 0. The average Bonchev–Trinajstić information content (AvgIpc) is 1.82. The van der Waals surface area contributed by atoms with Gasteiger partial charge in [0.15, 0.2) is 0 Å². The van der Waals surface area contributed by atoms with Gasteiger partial charge in [-0.1, -0.05) is 11.6 Å². The number of aromatic nitrogens is 1. The zero-order chi connectivity index (χ0) is 9.30. The van der Waals surface area contributed by atoms with Crippen LogP contribution in [0.15, 0.2) is 6.07 Å². The summed E-state index contributed by atoms with van der Waals surface area (Å²) in [6, 6.07) is 1.65. The van der Waals surface area contributed by atoms with E-state index in [1.54, 1.807) is 19.9 Å². The van der Waals surface area contributed by atoms with Crippen LogP contribution in [0.3, 0.4) is 0 Å². The molecule has 0 aliphatic rings. The number of halogens is 1. The summed E-state index contributed by atoms with van der Waals surface area (Å²) in [5.41, 5.74) is 1.25. The molecule has 1 heterocycles. The molecule has 0 saturated carbocycles. The molecule has 0 aromatic carbocycles. The number of rotatable bonds is 1. The third kappa shape index (κ3) is 1.56. The molecule has 1 rings (SSSR count). The third-order valence-corrected chi connectivity index (χ3v) is 1.78. The zero-order valence-electron chi connectivity index (χ0n) is 6.72. The highest BCUT2D eigenvalue weighted by molar-refractivity contribution is 6.32. The first kappa shape index (κ1) is 9.00. The van der Waals surface area contributed by atoms with E-state index in [0.717, 1.165) is 0 Å². The van der Waals surface area contributed by atoms with Crippen molar-refractivity contribution in [3.05, 3.63) is 28.0 Å². The van der Waals surface area contributed by atoms with E-state index in [1.165, 1.54) is 0 Å². The van der Waals surface area contributed by atoms with E-state index < -0.39 is 5.97 Å². The normalized spacial score (nSPS) is 9.92. The second kappa shape index (κ2) is 3.11. The van der Waals surface area contributed by atoms with Crippen molar-refractivity contribution < 1.29 is 9.90 Å². The molecule has 0 atom stereocenters. The number of hydrogen-bond donors (Lipinski definition) is 0. The zero-order valence-corrected chi connectivity index (χ0v) is 7.47. The Balaban J connectivity index is 3.38. The van der Waals surface area contributed by atoms with Gasteiger partial charge in [-0.15, -0.1) is 0 Å². The van der Waals surface area contributed by atoms with Crippen molar-refractivity contribution in [2.75, 3.05) is 0 Å². The molecule has 0 aliphatic carbocycles. The molecule has 0 unspecified atom stereocenters. The number of hydrogen-bond acceptors (Lipinski definition) is 3. The maximum Gasteiger partial charge on any atom is 0.138 e. The minimum atomic E-state index is -1.29. The van der Waals surface area contributed by atoms with Gasteiger partial charge < -0.3 is 9.90 Å². The van der Waals surface area contributed by atoms with E-state index in [1.807, 2.05) is 0 Å². The van der Waals surface area contributed by atoms with Crippen molar-refractivity contribution in [2.45, 2.75) is 13.8 Å². The van der Waals surface area contributed by atoms with Gasteiger partial charge in [-0.25, -0.2) is 4.98 Å². The fourth-order valence-corrected chi connectivity index (χ4v) is 1.40. The lowest BCUT2D eigenvalue weighted by Crippen LogP contribution is -2.24. The number of aromatic carboxylic acids is 1. The summed E-state index contributed by atoms with van der Waals surface area (Å²) in [4.78, 5) is 14.3. The van der Waals surface area contributed by atoms with Gasteiger partial charge in [0.05, 0.1) is 5.97 Å². The Kier molecular flexibility index (Phi) is 2.33. The number of aryl methyl sites for hydroxylation is 2. The lowest BCUT2D eigenvalue weighted by molar-refractivity contribution is -0.255. The van der Waals surface area contributed by atoms with Crippen LogP contribution in [0.2, 0.25) is 5.15 Å². The van der Waals surface area contributed by atoms with Crippen LogP contribution in [-0.2, 0) is 0 Å². The molecule has 4 heteroatoms. The minimum Gasteiger partial charge on any atom is -0.545 e. The Morgan fingerprint density at radius 2 is 2.17 bits per heavy atom. The summed E-state index contributed by atoms with van der Waals surface area (Å²) in [7, 11) is 0. The van der Waals surface area contributed by atoms with Gasteiger partial charge >= 0.3 is 0 Å². The first-order valence-corrected chi connectivity index (χ1v) is 3.75. The van der Waals surface area contributed by atoms with Gasteiger partial charge in [0, 0.05) is 11.3 Å². The van der Waals surface area contributed by atoms with E-state index in [4.69, 9.17) is 11.6 Å². The van der Waals surface area contributed by atoms with E-state index in [0.29, 0.717) is 11.3 Å². The molecule has 0 spiro atoms. The van der Waals surface area contributed by atoms with Gasteiger partial charge in [-0.3, -0.25) is 0 Å². The summed E-state index contributed by atoms with van der Waals surface area (Å²) in [6.07, 6.45) is 0.